The van der Waals surface area contributed by atoms with E-state index in [-0.39, 0.29) is 6.04 Å². The first kappa shape index (κ1) is 20.9. The zero-order valence-electron chi connectivity index (χ0n) is 17.2. The Hall–Kier alpha value is -3.36. The van der Waals surface area contributed by atoms with Crippen LogP contribution >= 0.6 is 11.6 Å². The van der Waals surface area contributed by atoms with Crippen molar-refractivity contribution in [2.24, 2.45) is 4.99 Å². The lowest BCUT2D eigenvalue weighted by atomic mass is 9.99. The van der Waals surface area contributed by atoms with Gasteiger partial charge in [0.15, 0.2) is 0 Å². The van der Waals surface area contributed by atoms with Crippen LogP contribution in [0, 0.1) is 0 Å². The number of ether oxygens (including phenoxy) is 1. The third-order valence-electron chi connectivity index (χ3n) is 5.06. The molecule has 1 atom stereocenters. The molecule has 0 fully saturated rings. The second kappa shape index (κ2) is 10.6. The Bertz CT molecular complexity index is 1090. The van der Waals surface area contributed by atoms with Gasteiger partial charge >= 0.3 is 0 Å². The van der Waals surface area contributed by atoms with Crippen molar-refractivity contribution >= 4 is 17.8 Å². The number of halogens is 1. The lowest BCUT2D eigenvalue weighted by Crippen LogP contribution is -2.01. The fourth-order valence-corrected chi connectivity index (χ4v) is 3.47. The number of hydrogen-bond acceptors (Lipinski definition) is 2. The Balaban J connectivity index is 1.44. The molecule has 0 N–H and O–H groups in total. The Morgan fingerprint density at radius 3 is 2.03 bits per heavy atom. The van der Waals surface area contributed by atoms with Crippen LogP contribution in [0.15, 0.2) is 114 Å². The minimum Gasteiger partial charge on any atom is -0.489 e. The Labute approximate surface area is 188 Å². The molecule has 2 nitrogen and oxygen atoms in total. The summed E-state index contributed by atoms with van der Waals surface area (Å²) >= 11 is 6.04. The number of hydrogen-bond donors (Lipinski definition) is 0. The van der Waals surface area contributed by atoms with Gasteiger partial charge in [-0.05, 0) is 65.1 Å². The van der Waals surface area contributed by atoms with Crippen molar-refractivity contribution < 1.29 is 4.74 Å². The fraction of sp³-hybridized carbons (Fsp3) is 0.107. The fourth-order valence-electron chi connectivity index (χ4n) is 3.34. The van der Waals surface area contributed by atoms with Crippen molar-refractivity contribution in [1.29, 1.82) is 0 Å². The molecule has 0 aromatic heterocycles. The van der Waals surface area contributed by atoms with E-state index in [1.54, 1.807) is 0 Å². The highest BCUT2D eigenvalue weighted by Gasteiger charge is 2.10. The van der Waals surface area contributed by atoms with Crippen LogP contribution in [-0.2, 0) is 13.0 Å². The van der Waals surface area contributed by atoms with Crippen LogP contribution in [0.4, 0.5) is 0 Å². The van der Waals surface area contributed by atoms with Gasteiger partial charge in [0, 0.05) is 11.2 Å². The molecule has 3 heteroatoms. The highest BCUT2D eigenvalue weighted by Crippen LogP contribution is 2.23. The van der Waals surface area contributed by atoms with E-state index in [0.717, 1.165) is 28.3 Å². The second-order valence-corrected chi connectivity index (χ2v) is 7.81. The van der Waals surface area contributed by atoms with E-state index in [4.69, 9.17) is 21.3 Å². The second-order valence-electron chi connectivity index (χ2n) is 7.38. The van der Waals surface area contributed by atoms with Crippen molar-refractivity contribution in [3.8, 4) is 5.75 Å². The van der Waals surface area contributed by atoms with Crippen LogP contribution in [0.3, 0.4) is 0 Å². The summed E-state index contributed by atoms with van der Waals surface area (Å²) in [6, 6.07) is 36.6. The third kappa shape index (κ3) is 6.31. The Morgan fingerprint density at radius 2 is 1.35 bits per heavy atom. The first-order valence-electron chi connectivity index (χ1n) is 10.4. The molecule has 0 radical (unpaired) electrons. The van der Waals surface area contributed by atoms with Gasteiger partial charge in [0.05, 0.1) is 6.04 Å². The number of nitrogens with zero attached hydrogens (tertiary/aromatic N) is 1. The van der Waals surface area contributed by atoms with Gasteiger partial charge in [-0.3, -0.25) is 4.99 Å². The molecule has 4 aromatic carbocycles. The topological polar surface area (TPSA) is 21.6 Å². The van der Waals surface area contributed by atoms with Crippen molar-refractivity contribution in [3.05, 3.63) is 136 Å². The summed E-state index contributed by atoms with van der Waals surface area (Å²) in [7, 11) is 0. The van der Waals surface area contributed by atoms with Gasteiger partial charge in [-0.25, -0.2) is 0 Å². The molecule has 31 heavy (non-hydrogen) atoms. The highest BCUT2D eigenvalue weighted by molar-refractivity contribution is 6.30. The number of aliphatic imine (C=N–C) groups is 1. The summed E-state index contributed by atoms with van der Waals surface area (Å²) in [5.74, 6) is 0.849. The van der Waals surface area contributed by atoms with E-state index in [1.807, 2.05) is 66.9 Å². The minimum atomic E-state index is 0.0383. The predicted octanol–water partition coefficient (Wildman–Crippen LogP) is 7.32. The van der Waals surface area contributed by atoms with Gasteiger partial charge in [0.25, 0.3) is 0 Å². The van der Waals surface area contributed by atoms with Gasteiger partial charge in [-0.2, -0.15) is 0 Å². The zero-order chi connectivity index (χ0) is 21.3. The summed E-state index contributed by atoms with van der Waals surface area (Å²) in [5.41, 5.74) is 4.60. The predicted molar refractivity (Wildman–Crippen MR) is 129 cm³/mol. The lowest BCUT2D eigenvalue weighted by Gasteiger charge is -2.13. The van der Waals surface area contributed by atoms with Crippen LogP contribution in [-0.4, -0.2) is 6.21 Å². The highest BCUT2D eigenvalue weighted by atomic mass is 35.5. The molecule has 4 aromatic rings. The summed E-state index contributed by atoms with van der Waals surface area (Å²) in [5, 5.41) is 0.748. The van der Waals surface area contributed by atoms with Gasteiger partial charge < -0.3 is 4.74 Å². The van der Waals surface area contributed by atoms with E-state index in [1.165, 1.54) is 11.1 Å². The van der Waals surface area contributed by atoms with Gasteiger partial charge in [0.2, 0.25) is 0 Å². The third-order valence-corrected chi connectivity index (χ3v) is 5.31. The Morgan fingerprint density at radius 1 is 0.710 bits per heavy atom. The average molecular weight is 426 g/mol. The molecule has 154 valence electrons. The molecule has 0 amide bonds. The minimum absolute atomic E-state index is 0.0383. The quantitative estimate of drug-likeness (QED) is 0.271. The summed E-state index contributed by atoms with van der Waals surface area (Å²) in [6.45, 7) is 0.561. The molecule has 0 aliphatic heterocycles. The zero-order valence-corrected chi connectivity index (χ0v) is 18.0. The van der Waals surface area contributed by atoms with Crippen molar-refractivity contribution in [2.45, 2.75) is 19.1 Å². The normalized spacial score (nSPS) is 12.0. The van der Waals surface area contributed by atoms with Crippen LogP contribution in [0.5, 0.6) is 5.75 Å². The number of rotatable bonds is 8. The molecule has 0 bridgehead atoms. The molecular formula is C28H24ClNO. The standard InChI is InChI=1S/C28H24ClNO/c29-26-15-11-22(12-16-26)19-28(25-9-5-2-6-10-25)30-20-23-13-17-27(18-14-23)31-21-24-7-3-1-4-8-24/h1-18,20,28H,19,21H2. The van der Waals surface area contributed by atoms with Crippen LogP contribution in [0.2, 0.25) is 5.02 Å². The molecule has 0 aliphatic carbocycles. The largest absolute Gasteiger partial charge is 0.489 e. The maximum absolute atomic E-state index is 6.04. The molecular weight excluding hydrogens is 402 g/mol. The summed E-state index contributed by atoms with van der Waals surface area (Å²) in [4.78, 5) is 4.91. The van der Waals surface area contributed by atoms with E-state index < -0.39 is 0 Å². The van der Waals surface area contributed by atoms with E-state index in [0.29, 0.717) is 6.61 Å². The first-order valence-corrected chi connectivity index (χ1v) is 10.7. The molecule has 4 rings (SSSR count). The molecule has 1 unspecified atom stereocenters. The van der Waals surface area contributed by atoms with Crippen molar-refractivity contribution in [1.82, 2.24) is 0 Å². The molecule has 0 saturated carbocycles. The average Bonchev–Trinajstić information content (AvgIpc) is 2.83. The monoisotopic (exact) mass is 425 g/mol. The smallest absolute Gasteiger partial charge is 0.119 e. The molecule has 0 spiro atoms. The SMILES string of the molecule is Clc1ccc(CC(N=Cc2ccc(OCc3ccccc3)cc2)c2ccccc2)cc1. The van der Waals surface area contributed by atoms with Crippen LogP contribution < -0.4 is 4.74 Å². The maximum atomic E-state index is 6.04. The molecule has 0 heterocycles. The number of benzene rings is 4. The maximum Gasteiger partial charge on any atom is 0.119 e. The van der Waals surface area contributed by atoms with Gasteiger partial charge in [0.1, 0.15) is 12.4 Å². The summed E-state index contributed by atoms with van der Waals surface area (Å²) in [6.07, 6.45) is 2.75. The van der Waals surface area contributed by atoms with Crippen LogP contribution in [0.25, 0.3) is 0 Å². The van der Waals surface area contributed by atoms with E-state index in [2.05, 4.69) is 48.5 Å². The van der Waals surface area contributed by atoms with Crippen LogP contribution in [0.1, 0.15) is 28.3 Å². The van der Waals surface area contributed by atoms with Gasteiger partial charge in [-0.15, -0.1) is 0 Å². The first-order chi connectivity index (χ1) is 15.3. The van der Waals surface area contributed by atoms with E-state index >= 15 is 0 Å². The van der Waals surface area contributed by atoms with Crippen molar-refractivity contribution in [2.75, 3.05) is 0 Å². The van der Waals surface area contributed by atoms with Gasteiger partial charge in [-0.1, -0.05) is 84.4 Å². The van der Waals surface area contributed by atoms with Crippen molar-refractivity contribution in [3.63, 3.8) is 0 Å². The summed E-state index contributed by atoms with van der Waals surface area (Å²) < 4.78 is 5.88. The Kier molecular flexibility index (Phi) is 7.15. The molecule has 0 saturated heterocycles. The van der Waals surface area contributed by atoms with E-state index in [9.17, 15) is 0 Å². The molecule has 0 aliphatic rings. The lowest BCUT2D eigenvalue weighted by molar-refractivity contribution is 0.306.